The molecule has 3 aromatic heterocycles. The highest BCUT2D eigenvalue weighted by molar-refractivity contribution is 7.99. The van der Waals surface area contributed by atoms with Crippen LogP contribution in [-0.2, 0) is 6.54 Å². The van der Waals surface area contributed by atoms with Crippen LogP contribution in [0.2, 0.25) is 0 Å². The monoisotopic (exact) mass is 428 g/mol. The van der Waals surface area contributed by atoms with Gasteiger partial charge in [0.05, 0.1) is 18.1 Å². The fraction of sp³-hybridized carbons (Fsp3) is 0.474. The Morgan fingerprint density at radius 1 is 1.23 bits per heavy atom. The normalized spacial score (nSPS) is 14.2. The van der Waals surface area contributed by atoms with E-state index < -0.39 is 0 Å². The largest absolute Gasteiger partial charge is 0.356 e. The van der Waals surface area contributed by atoms with E-state index in [2.05, 4.69) is 32.4 Å². The van der Waals surface area contributed by atoms with Crippen molar-refractivity contribution in [3.05, 3.63) is 34.4 Å². The zero-order valence-electron chi connectivity index (χ0n) is 16.8. The SMILES string of the molecule is CCSc1nc(N2CCCCC2)c2cnn(CCNC(=O)c3ccc(=O)[nH]n3)c2n1. The fourth-order valence-corrected chi connectivity index (χ4v) is 4.02. The van der Waals surface area contributed by atoms with Crippen LogP contribution in [0.1, 0.15) is 36.7 Å². The molecule has 1 amide bonds. The van der Waals surface area contributed by atoms with Gasteiger partial charge < -0.3 is 10.2 Å². The second-order valence-electron chi connectivity index (χ2n) is 6.98. The zero-order valence-corrected chi connectivity index (χ0v) is 17.6. The summed E-state index contributed by atoms with van der Waals surface area (Å²) in [6.45, 7) is 4.89. The smallest absolute Gasteiger partial charge is 0.271 e. The van der Waals surface area contributed by atoms with E-state index in [9.17, 15) is 9.59 Å². The number of thioether (sulfide) groups is 1. The standard InChI is InChI=1S/C19H24N8O2S/c1-2-30-19-22-16(26-9-4-3-5-10-26)13-12-21-27(17(13)23-19)11-8-20-18(29)14-6-7-15(28)25-24-14/h6-7,12H,2-5,8-11H2,1H3,(H,20,29)(H,25,28). The quantitative estimate of drug-likeness (QED) is 0.428. The number of anilines is 1. The first kappa shape index (κ1) is 20.3. The van der Waals surface area contributed by atoms with Gasteiger partial charge in [0.2, 0.25) is 0 Å². The molecule has 1 aliphatic rings. The molecule has 158 valence electrons. The molecule has 4 heterocycles. The Morgan fingerprint density at radius 3 is 2.80 bits per heavy atom. The summed E-state index contributed by atoms with van der Waals surface area (Å²) in [6, 6.07) is 2.67. The third-order valence-corrected chi connectivity index (χ3v) is 5.64. The molecule has 10 nitrogen and oxygen atoms in total. The summed E-state index contributed by atoms with van der Waals surface area (Å²) in [5, 5.41) is 15.0. The minimum atomic E-state index is -0.353. The second kappa shape index (κ2) is 9.24. The Hall–Kier alpha value is -2.95. The maximum Gasteiger partial charge on any atom is 0.271 e. The first-order chi connectivity index (χ1) is 14.7. The van der Waals surface area contributed by atoms with Crippen molar-refractivity contribution < 1.29 is 4.79 Å². The number of H-pyrrole nitrogens is 1. The summed E-state index contributed by atoms with van der Waals surface area (Å²) in [6.07, 6.45) is 5.40. The fourth-order valence-electron chi connectivity index (χ4n) is 3.46. The van der Waals surface area contributed by atoms with Crippen LogP contribution >= 0.6 is 11.8 Å². The van der Waals surface area contributed by atoms with Crippen LogP contribution in [0.4, 0.5) is 5.82 Å². The number of rotatable bonds is 7. The van der Waals surface area contributed by atoms with E-state index in [0.717, 1.165) is 40.9 Å². The molecule has 0 unspecified atom stereocenters. The van der Waals surface area contributed by atoms with Crippen molar-refractivity contribution in [2.24, 2.45) is 0 Å². The lowest BCUT2D eigenvalue weighted by Gasteiger charge is -2.28. The summed E-state index contributed by atoms with van der Waals surface area (Å²) in [4.78, 5) is 35.1. The molecule has 4 rings (SSSR count). The molecule has 0 saturated carbocycles. The van der Waals surface area contributed by atoms with Gasteiger partial charge in [-0.05, 0) is 31.1 Å². The lowest BCUT2D eigenvalue weighted by atomic mass is 10.1. The van der Waals surface area contributed by atoms with Gasteiger partial charge in [-0.1, -0.05) is 18.7 Å². The molecule has 0 atom stereocenters. The molecule has 0 aliphatic carbocycles. The van der Waals surface area contributed by atoms with Crippen LogP contribution in [0.5, 0.6) is 0 Å². The van der Waals surface area contributed by atoms with Crippen LogP contribution in [0.15, 0.2) is 28.3 Å². The number of carbonyl (C=O) groups is 1. The van der Waals surface area contributed by atoms with Crippen LogP contribution < -0.4 is 15.8 Å². The Bertz CT molecular complexity index is 1070. The minimum Gasteiger partial charge on any atom is -0.356 e. The van der Waals surface area contributed by atoms with Crippen LogP contribution in [0.3, 0.4) is 0 Å². The number of carbonyl (C=O) groups excluding carboxylic acids is 1. The number of nitrogens with zero attached hydrogens (tertiary/aromatic N) is 6. The number of hydrogen-bond donors (Lipinski definition) is 2. The summed E-state index contributed by atoms with van der Waals surface area (Å²) < 4.78 is 1.80. The lowest BCUT2D eigenvalue weighted by molar-refractivity contribution is 0.0946. The molecule has 1 fully saturated rings. The van der Waals surface area contributed by atoms with Gasteiger partial charge in [0.1, 0.15) is 11.5 Å². The van der Waals surface area contributed by atoms with E-state index in [-0.39, 0.29) is 17.2 Å². The molecule has 30 heavy (non-hydrogen) atoms. The number of aromatic nitrogens is 6. The highest BCUT2D eigenvalue weighted by atomic mass is 32.2. The van der Waals surface area contributed by atoms with E-state index in [0.29, 0.717) is 13.1 Å². The molecule has 0 bridgehead atoms. The van der Waals surface area contributed by atoms with Crippen molar-refractivity contribution in [2.75, 3.05) is 30.3 Å². The second-order valence-corrected chi connectivity index (χ2v) is 8.21. The highest BCUT2D eigenvalue weighted by Gasteiger charge is 2.20. The number of nitrogens with one attached hydrogen (secondary N) is 2. The van der Waals surface area contributed by atoms with Gasteiger partial charge in [-0.15, -0.1) is 0 Å². The first-order valence-corrected chi connectivity index (χ1v) is 11.1. The third kappa shape index (κ3) is 4.45. The minimum absolute atomic E-state index is 0.163. The van der Waals surface area contributed by atoms with Crippen LogP contribution in [-0.4, -0.2) is 61.2 Å². The molecule has 2 N–H and O–H groups in total. The van der Waals surface area contributed by atoms with Crippen molar-refractivity contribution in [1.29, 1.82) is 0 Å². The third-order valence-electron chi connectivity index (χ3n) is 4.91. The Balaban J connectivity index is 1.52. The molecule has 0 aromatic carbocycles. The zero-order chi connectivity index (χ0) is 20.9. The molecule has 1 aliphatic heterocycles. The van der Waals surface area contributed by atoms with Crippen LogP contribution in [0, 0.1) is 0 Å². The van der Waals surface area contributed by atoms with Crippen LogP contribution in [0.25, 0.3) is 11.0 Å². The summed E-state index contributed by atoms with van der Waals surface area (Å²) in [5.41, 5.74) is 0.591. The predicted molar refractivity (Wildman–Crippen MR) is 115 cm³/mol. The predicted octanol–water partition coefficient (Wildman–Crippen LogP) is 1.44. The Morgan fingerprint density at radius 2 is 2.07 bits per heavy atom. The van der Waals surface area contributed by atoms with Crippen molar-refractivity contribution in [3.8, 4) is 0 Å². The summed E-state index contributed by atoms with van der Waals surface area (Å²) in [7, 11) is 0. The Labute approximate surface area is 177 Å². The number of aromatic amines is 1. The van der Waals surface area contributed by atoms with Gasteiger partial charge >= 0.3 is 0 Å². The van der Waals surface area contributed by atoms with Gasteiger partial charge in [-0.25, -0.2) is 19.7 Å². The van der Waals surface area contributed by atoms with Gasteiger partial charge in [0, 0.05) is 25.7 Å². The van der Waals surface area contributed by atoms with E-state index in [1.54, 1.807) is 16.4 Å². The lowest BCUT2D eigenvalue weighted by Crippen LogP contribution is -2.30. The maximum absolute atomic E-state index is 12.2. The van der Waals surface area contributed by atoms with E-state index in [4.69, 9.17) is 9.97 Å². The Kier molecular flexibility index (Phi) is 6.26. The van der Waals surface area contributed by atoms with Crippen molar-refractivity contribution in [2.45, 2.75) is 37.9 Å². The number of fused-ring (bicyclic) bond motifs is 1. The molecule has 0 spiro atoms. The van der Waals surface area contributed by atoms with Gasteiger partial charge in [0.25, 0.3) is 11.5 Å². The van der Waals surface area contributed by atoms with Crippen molar-refractivity contribution in [3.63, 3.8) is 0 Å². The highest BCUT2D eigenvalue weighted by Crippen LogP contribution is 2.29. The van der Waals surface area contributed by atoms with Crippen molar-refractivity contribution >= 4 is 34.5 Å². The van der Waals surface area contributed by atoms with E-state index >= 15 is 0 Å². The molecule has 3 aromatic rings. The summed E-state index contributed by atoms with van der Waals surface area (Å²) in [5.74, 6) is 1.48. The number of amides is 1. The van der Waals surface area contributed by atoms with E-state index in [1.165, 1.54) is 31.4 Å². The number of piperidine rings is 1. The molecular weight excluding hydrogens is 404 g/mol. The average molecular weight is 429 g/mol. The average Bonchev–Trinajstić information content (AvgIpc) is 3.17. The summed E-state index contributed by atoms with van der Waals surface area (Å²) >= 11 is 1.61. The maximum atomic E-state index is 12.2. The molecule has 11 heteroatoms. The molecule has 0 radical (unpaired) electrons. The van der Waals surface area contributed by atoms with Gasteiger partial charge in [0.15, 0.2) is 10.8 Å². The van der Waals surface area contributed by atoms with E-state index in [1.807, 2.05) is 6.20 Å². The number of hydrogen-bond acceptors (Lipinski definition) is 8. The van der Waals surface area contributed by atoms with Gasteiger partial charge in [-0.3, -0.25) is 9.59 Å². The van der Waals surface area contributed by atoms with Gasteiger partial charge in [-0.2, -0.15) is 10.2 Å². The molecule has 1 saturated heterocycles. The topological polar surface area (TPSA) is 122 Å². The first-order valence-electron chi connectivity index (χ1n) is 10.1. The van der Waals surface area contributed by atoms with Crippen molar-refractivity contribution in [1.82, 2.24) is 35.3 Å². The molecular formula is C19H24N8O2S.